The fourth-order valence-corrected chi connectivity index (χ4v) is 5.04. The second kappa shape index (κ2) is 7.63. The van der Waals surface area contributed by atoms with Gasteiger partial charge in [-0.2, -0.15) is 0 Å². The van der Waals surface area contributed by atoms with E-state index in [0.717, 1.165) is 10.6 Å². The molecule has 3 nitrogen and oxygen atoms in total. The zero-order chi connectivity index (χ0) is 16.9. The summed E-state index contributed by atoms with van der Waals surface area (Å²) in [6.07, 6.45) is 1.23. The molecule has 4 heteroatoms. The average molecular weight is 330 g/mol. The minimum Gasteiger partial charge on any atom is -0.493 e. The monoisotopic (exact) mass is 330 g/mol. The van der Waals surface area contributed by atoms with Gasteiger partial charge in [0.15, 0.2) is 5.50 Å². The Morgan fingerprint density at radius 3 is 1.78 bits per heavy atom. The predicted molar refractivity (Wildman–Crippen MR) is 95.7 cm³/mol. The van der Waals surface area contributed by atoms with Gasteiger partial charge in [0.25, 0.3) is 0 Å². The van der Waals surface area contributed by atoms with Gasteiger partial charge in [-0.15, -0.1) is 0 Å². The topological polar surface area (TPSA) is 46.5 Å². The summed E-state index contributed by atoms with van der Waals surface area (Å²) < 4.78 is 19.6. The lowest BCUT2D eigenvalue weighted by Gasteiger charge is -2.23. The Balaban J connectivity index is 2.65. The van der Waals surface area contributed by atoms with Crippen LogP contribution < -0.4 is 10.6 Å². The Hall–Kier alpha value is -1.83. The number of rotatable bonds is 6. The Labute approximate surface area is 138 Å². The molecule has 0 aliphatic rings. The van der Waals surface area contributed by atoms with Crippen molar-refractivity contribution in [2.45, 2.75) is 20.0 Å². The number of benzene rings is 2. The molecule has 0 aliphatic carbocycles. The number of methoxy groups -OCH3 is 1. The molecular weight excluding hydrogens is 307 g/mol. The SMILES string of the molecule is CO/C(=C\C(C)C(C)O)P(=O)(c1ccccc1)c1ccccc1. The second-order valence-corrected chi connectivity index (χ2v) is 8.28. The average Bonchev–Trinajstić information content (AvgIpc) is 2.60. The Morgan fingerprint density at radius 1 is 1.00 bits per heavy atom. The van der Waals surface area contributed by atoms with Crippen LogP contribution in [0.5, 0.6) is 0 Å². The van der Waals surface area contributed by atoms with Crippen molar-refractivity contribution in [3.8, 4) is 0 Å². The predicted octanol–water partition coefficient (Wildman–Crippen LogP) is 3.51. The summed E-state index contributed by atoms with van der Waals surface area (Å²) in [7, 11) is -1.57. The Morgan fingerprint density at radius 2 is 1.43 bits per heavy atom. The molecule has 2 rings (SSSR count). The standard InChI is InChI=1S/C19H23O3P/c1-15(16(2)20)14-19(22-3)23(21,17-10-6-4-7-11-17)18-12-8-5-9-13-18/h4-16,20H,1-3H3/b19-14+. The molecule has 2 unspecified atom stereocenters. The van der Waals surface area contributed by atoms with Crippen LogP contribution in [0.15, 0.2) is 72.2 Å². The fourth-order valence-electron chi connectivity index (χ4n) is 2.35. The molecule has 0 aliphatic heterocycles. The van der Waals surface area contributed by atoms with Gasteiger partial charge in [-0.3, -0.25) is 0 Å². The van der Waals surface area contributed by atoms with Crippen LogP contribution in [0.25, 0.3) is 0 Å². The molecule has 23 heavy (non-hydrogen) atoms. The molecule has 0 heterocycles. The van der Waals surface area contributed by atoms with E-state index in [4.69, 9.17) is 4.74 Å². The number of aliphatic hydroxyl groups excluding tert-OH is 1. The molecule has 0 fully saturated rings. The van der Waals surface area contributed by atoms with Crippen molar-refractivity contribution >= 4 is 17.8 Å². The zero-order valence-electron chi connectivity index (χ0n) is 13.7. The van der Waals surface area contributed by atoms with E-state index in [0.29, 0.717) is 5.50 Å². The Bertz CT molecular complexity index is 650. The summed E-state index contributed by atoms with van der Waals surface area (Å²) in [5.41, 5.74) is 0.406. The van der Waals surface area contributed by atoms with Gasteiger partial charge in [0.1, 0.15) is 0 Å². The minimum atomic E-state index is -3.10. The van der Waals surface area contributed by atoms with E-state index in [1.54, 1.807) is 13.0 Å². The molecule has 2 atom stereocenters. The highest BCUT2D eigenvalue weighted by molar-refractivity contribution is 7.82. The summed E-state index contributed by atoms with van der Waals surface area (Å²) in [5.74, 6) is -0.161. The van der Waals surface area contributed by atoms with Crippen molar-refractivity contribution in [3.05, 3.63) is 72.2 Å². The van der Waals surface area contributed by atoms with E-state index in [1.807, 2.05) is 67.6 Å². The number of ether oxygens (including phenoxy) is 1. The minimum absolute atomic E-state index is 0.161. The van der Waals surface area contributed by atoms with Gasteiger partial charge >= 0.3 is 0 Å². The Kier molecular flexibility index (Phi) is 5.81. The molecule has 0 saturated carbocycles. The van der Waals surface area contributed by atoms with Crippen molar-refractivity contribution < 1.29 is 14.4 Å². The van der Waals surface area contributed by atoms with Crippen LogP contribution in [0, 0.1) is 5.92 Å². The van der Waals surface area contributed by atoms with Crippen LogP contribution in [0.3, 0.4) is 0 Å². The van der Waals surface area contributed by atoms with Gasteiger partial charge in [-0.05, 0) is 13.0 Å². The maximum atomic E-state index is 14.0. The highest BCUT2D eigenvalue weighted by Gasteiger charge is 2.33. The van der Waals surface area contributed by atoms with Crippen molar-refractivity contribution in [1.29, 1.82) is 0 Å². The molecule has 0 saturated heterocycles. The van der Waals surface area contributed by atoms with Gasteiger partial charge in [0, 0.05) is 16.5 Å². The third kappa shape index (κ3) is 3.74. The van der Waals surface area contributed by atoms with Crippen LogP contribution in [0.1, 0.15) is 13.8 Å². The van der Waals surface area contributed by atoms with E-state index in [-0.39, 0.29) is 5.92 Å². The first-order valence-corrected chi connectivity index (χ1v) is 9.36. The van der Waals surface area contributed by atoms with E-state index in [1.165, 1.54) is 7.11 Å². The number of hydrogen-bond donors (Lipinski definition) is 1. The molecule has 0 aromatic heterocycles. The molecule has 0 radical (unpaired) electrons. The highest BCUT2D eigenvalue weighted by Crippen LogP contribution is 2.52. The van der Waals surface area contributed by atoms with Crippen molar-refractivity contribution in [1.82, 2.24) is 0 Å². The smallest absolute Gasteiger partial charge is 0.203 e. The fraction of sp³-hybridized carbons (Fsp3) is 0.263. The molecular formula is C19H23O3P. The molecule has 122 valence electrons. The quantitative estimate of drug-likeness (QED) is 0.651. The second-order valence-electron chi connectivity index (χ2n) is 5.59. The summed E-state index contributed by atoms with van der Waals surface area (Å²) >= 11 is 0. The van der Waals surface area contributed by atoms with Crippen molar-refractivity contribution in [2.75, 3.05) is 7.11 Å². The first-order valence-electron chi connectivity index (χ1n) is 7.66. The lowest BCUT2D eigenvalue weighted by molar-refractivity contribution is 0.155. The lowest BCUT2D eigenvalue weighted by Crippen LogP contribution is -2.20. The number of hydrogen-bond acceptors (Lipinski definition) is 3. The van der Waals surface area contributed by atoms with Crippen LogP contribution in [0.2, 0.25) is 0 Å². The van der Waals surface area contributed by atoms with Gasteiger partial charge in [0.2, 0.25) is 7.14 Å². The lowest BCUT2D eigenvalue weighted by atomic mass is 10.1. The summed E-state index contributed by atoms with van der Waals surface area (Å²) in [6.45, 7) is 3.59. The van der Waals surface area contributed by atoms with E-state index in [2.05, 4.69) is 0 Å². The maximum Gasteiger partial charge on any atom is 0.203 e. The van der Waals surface area contributed by atoms with Crippen LogP contribution >= 0.6 is 7.14 Å². The van der Waals surface area contributed by atoms with Gasteiger partial charge < -0.3 is 14.4 Å². The summed E-state index contributed by atoms with van der Waals surface area (Å²) in [5, 5.41) is 11.2. The van der Waals surface area contributed by atoms with Crippen LogP contribution in [-0.2, 0) is 9.30 Å². The molecule has 1 N–H and O–H groups in total. The van der Waals surface area contributed by atoms with Crippen molar-refractivity contribution in [3.63, 3.8) is 0 Å². The highest BCUT2D eigenvalue weighted by atomic mass is 31.2. The first-order chi connectivity index (χ1) is 11.0. The molecule has 0 spiro atoms. The van der Waals surface area contributed by atoms with E-state index < -0.39 is 13.2 Å². The van der Waals surface area contributed by atoms with Crippen LogP contribution in [0.4, 0.5) is 0 Å². The summed E-state index contributed by atoms with van der Waals surface area (Å²) in [6, 6.07) is 18.7. The normalized spacial score (nSPS) is 15.0. The van der Waals surface area contributed by atoms with Crippen molar-refractivity contribution in [2.24, 2.45) is 5.92 Å². The zero-order valence-corrected chi connectivity index (χ0v) is 14.6. The number of aliphatic hydroxyl groups is 1. The molecule has 0 bridgehead atoms. The summed E-state index contributed by atoms with van der Waals surface area (Å²) in [4.78, 5) is 0. The maximum absolute atomic E-state index is 14.0. The van der Waals surface area contributed by atoms with Gasteiger partial charge in [-0.25, -0.2) is 0 Å². The van der Waals surface area contributed by atoms with Crippen LogP contribution in [-0.4, -0.2) is 18.3 Å². The first kappa shape index (κ1) is 17.5. The molecule has 2 aromatic carbocycles. The van der Waals surface area contributed by atoms with Gasteiger partial charge in [0.05, 0.1) is 13.2 Å². The molecule has 2 aromatic rings. The van der Waals surface area contributed by atoms with E-state index in [9.17, 15) is 9.67 Å². The van der Waals surface area contributed by atoms with E-state index >= 15 is 0 Å². The van der Waals surface area contributed by atoms with Gasteiger partial charge in [-0.1, -0.05) is 67.6 Å². The third-order valence-corrected chi connectivity index (χ3v) is 6.93. The largest absolute Gasteiger partial charge is 0.493 e. The molecule has 0 amide bonds. The third-order valence-electron chi connectivity index (χ3n) is 3.93.